The quantitative estimate of drug-likeness (QED) is 0.485. The summed E-state index contributed by atoms with van der Waals surface area (Å²) in [5.74, 6) is 1.57. The molecule has 158 valence electrons. The first-order valence-corrected chi connectivity index (χ1v) is 10.5. The minimum atomic E-state index is -0.586. The van der Waals surface area contributed by atoms with Crippen molar-refractivity contribution in [2.24, 2.45) is 0 Å². The zero-order valence-corrected chi connectivity index (χ0v) is 17.9. The molecule has 2 atom stereocenters. The largest absolute Gasteiger partial charge is 0.489 e. The zero-order chi connectivity index (χ0) is 21.1. The number of anilines is 1. The molecule has 0 bridgehead atoms. The molecular weight excluding hydrogens is 366 g/mol. The van der Waals surface area contributed by atoms with Crippen LogP contribution in [0.5, 0.6) is 11.5 Å². The van der Waals surface area contributed by atoms with Gasteiger partial charge in [-0.25, -0.2) is 0 Å². The monoisotopic (exact) mass is 399 g/mol. The highest BCUT2D eigenvalue weighted by Crippen LogP contribution is 2.30. The Kier molecular flexibility index (Phi) is 9.51. The van der Waals surface area contributed by atoms with Gasteiger partial charge in [0.15, 0.2) is 6.10 Å². The summed E-state index contributed by atoms with van der Waals surface area (Å²) >= 11 is 0. The topological polar surface area (TPSA) is 56.8 Å². The predicted octanol–water partition coefficient (Wildman–Crippen LogP) is 5.41. The van der Waals surface area contributed by atoms with E-state index in [9.17, 15) is 4.79 Å². The second-order valence-electron chi connectivity index (χ2n) is 6.89. The number of para-hydroxylation sites is 3. The molecule has 0 radical (unpaired) electrons. The lowest BCUT2D eigenvalue weighted by molar-refractivity contribution is -0.122. The third-order valence-electron chi connectivity index (χ3n) is 4.83. The third-order valence-corrected chi connectivity index (χ3v) is 4.83. The standard InChI is InChI=1S/C24H33NO4/c1-5-18(4)19-12-8-10-14-22(19)29-21(6-2)24(26)25-20-13-9-11-15-23(20)28-17-16-27-7-3/h8-15,18,21H,5-7,16-17H2,1-4H3,(H,25,26). The summed E-state index contributed by atoms with van der Waals surface area (Å²) in [5.41, 5.74) is 1.76. The Hall–Kier alpha value is -2.53. The smallest absolute Gasteiger partial charge is 0.265 e. The lowest BCUT2D eigenvalue weighted by atomic mass is 9.98. The molecule has 2 unspecified atom stereocenters. The molecule has 0 aliphatic rings. The van der Waals surface area contributed by atoms with Gasteiger partial charge in [-0.1, -0.05) is 51.1 Å². The summed E-state index contributed by atoms with van der Waals surface area (Å²) in [7, 11) is 0. The van der Waals surface area contributed by atoms with Crippen LogP contribution in [0, 0.1) is 0 Å². The molecule has 5 nitrogen and oxygen atoms in total. The summed E-state index contributed by atoms with van der Waals surface area (Å²) in [4.78, 5) is 12.9. The first-order chi connectivity index (χ1) is 14.1. The number of carbonyl (C=O) groups excluding carboxylic acids is 1. The van der Waals surface area contributed by atoms with Crippen molar-refractivity contribution in [3.05, 3.63) is 54.1 Å². The fourth-order valence-electron chi connectivity index (χ4n) is 2.95. The fourth-order valence-corrected chi connectivity index (χ4v) is 2.95. The Morgan fingerprint density at radius 1 is 0.931 bits per heavy atom. The van der Waals surface area contributed by atoms with Gasteiger partial charge in [0.1, 0.15) is 18.1 Å². The molecule has 2 rings (SSSR count). The van der Waals surface area contributed by atoms with Crippen molar-refractivity contribution in [1.82, 2.24) is 0 Å². The highest BCUT2D eigenvalue weighted by atomic mass is 16.5. The maximum atomic E-state index is 12.9. The number of amides is 1. The van der Waals surface area contributed by atoms with Crippen molar-refractivity contribution in [3.8, 4) is 11.5 Å². The second kappa shape index (κ2) is 12.1. The van der Waals surface area contributed by atoms with Crippen molar-refractivity contribution in [2.75, 3.05) is 25.1 Å². The van der Waals surface area contributed by atoms with E-state index in [1.165, 1.54) is 0 Å². The van der Waals surface area contributed by atoms with Gasteiger partial charge in [0.05, 0.1) is 12.3 Å². The van der Waals surface area contributed by atoms with Crippen LogP contribution in [0.3, 0.4) is 0 Å². The minimum Gasteiger partial charge on any atom is -0.489 e. The summed E-state index contributed by atoms with van der Waals surface area (Å²) in [6, 6.07) is 15.3. The third kappa shape index (κ3) is 6.79. The fraction of sp³-hybridized carbons (Fsp3) is 0.458. The first-order valence-electron chi connectivity index (χ1n) is 10.5. The number of nitrogens with one attached hydrogen (secondary N) is 1. The predicted molar refractivity (Wildman–Crippen MR) is 117 cm³/mol. The normalized spacial score (nSPS) is 12.8. The van der Waals surface area contributed by atoms with E-state index >= 15 is 0 Å². The van der Waals surface area contributed by atoms with Gasteiger partial charge in [0.2, 0.25) is 0 Å². The van der Waals surface area contributed by atoms with Crippen LogP contribution in [0.15, 0.2) is 48.5 Å². The van der Waals surface area contributed by atoms with E-state index in [4.69, 9.17) is 14.2 Å². The molecule has 1 amide bonds. The van der Waals surface area contributed by atoms with Gasteiger partial charge >= 0.3 is 0 Å². The molecule has 0 spiro atoms. The summed E-state index contributed by atoms with van der Waals surface area (Å²) in [6.45, 7) is 9.78. The summed E-state index contributed by atoms with van der Waals surface area (Å²) in [5, 5.41) is 2.96. The lowest BCUT2D eigenvalue weighted by Crippen LogP contribution is -2.33. The number of hydrogen-bond donors (Lipinski definition) is 1. The molecule has 1 N–H and O–H groups in total. The Morgan fingerprint density at radius 3 is 2.31 bits per heavy atom. The second-order valence-corrected chi connectivity index (χ2v) is 6.89. The number of benzene rings is 2. The molecule has 0 aliphatic heterocycles. The Bertz CT molecular complexity index is 762. The Balaban J connectivity index is 2.08. The summed E-state index contributed by atoms with van der Waals surface area (Å²) < 4.78 is 17.2. The molecule has 0 saturated carbocycles. The van der Waals surface area contributed by atoms with Crippen LogP contribution in [0.25, 0.3) is 0 Å². The van der Waals surface area contributed by atoms with Gasteiger partial charge < -0.3 is 19.5 Å². The van der Waals surface area contributed by atoms with E-state index < -0.39 is 6.10 Å². The molecule has 29 heavy (non-hydrogen) atoms. The van der Waals surface area contributed by atoms with Crippen molar-refractivity contribution in [3.63, 3.8) is 0 Å². The van der Waals surface area contributed by atoms with E-state index in [0.717, 1.165) is 17.7 Å². The molecule has 0 saturated heterocycles. The minimum absolute atomic E-state index is 0.188. The van der Waals surface area contributed by atoms with Crippen molar-refractivity contribution < 1.29 is 19.0 Å². The average molecular weight is 400 g/mol. The van der Waals surface area contributed by atoms with Crippen LogP contribution in [0.2, 0.25) is 0 Å². The van der Waals surface area contributed by atoms with E-state index in [1.807, 2.05) is 56.3 Å². The summed E-state index contributed by atoms with van der Waals surface area (Å²) in [6.07, 6.45) is 0.987. The van der Waals surface area contributed by atoms with E-state index in [-0.39, 0.29) is 5.91 Å². The van der Waals surface area contributed by atoms with E-state index in [2.05, 4.69) is 25.2 Å². The molecular formula is C24H33NO4. The van der Waals surface area contributed by atoms with E-state index in [1.54, 1.807) is 0 Å². The van der Waals surface area contributed by atoms with Crippen LogP contribution in [0.1, 0.15) is 52.0 Å². The van der Waals surface area contributed by atoms with Crippen molar-refractivity contribution >= 4 is 11.6 Å². The van der Waals surface area contributed by atoms with Gasteiger partial charge in [-0.2, -0.15) is 0 Å². The molecule has 0 aliphatic carbocycles. The van der Waals surface area contributed by atoms with Gasteiger partial charge in [-0.15, -0.1) is 0 Å². The van der Waals surface area contributed by atoms with Crippen molar-refractivity contribution in [1.29, 1.82) is 0 Å². The number of hydrogen-bond acceptors (Lipinski definition) is 4. The zero-order valence-electron chi connectivity index (χ0n) is 17.9. The van der Waals surface area contributed by atoms with Crippen LogP contribution >= 0.6 is 0 Å². The highest BCUT2D eigenvalue weighted by Gasteiger charge is 2.22. The van der Waals surface area contributed by atoms with Crippen LogP contribution in [-0.2, 0) is 9.53 Å². The van der Waals surface area contributed by atoms with Crippen LogP contribution in [-0.4, -0.2) is 31.8 Å². The first kappa shape index (κ1) is 22.8. The number of ether oxygens (including phenoxy) is 3. The highest BCUT2D eigenvalue weighted by molar-refractivity contribution is 5.95. The molecule has 2 aromatic rings. The molecule has 0 fully saturated rings. The molecule has 0 aromatic heterocycles. The Labute approximate surface area is 174 Å². The van der Waals surface area contributed by atoms with Gasteiger partial charge in [0, 0.05) is 6.61 Å². The van der Waals surface area contributed by atoms with E-state index in [0.29, 0.717) is 43.6 Å². The molecule has 5 heteroatoms. The Morgan fingerprint density at radius 2 is 1.62 bits per heavy atom. The van der Waals surface area contributed by atoms with Crippen LogP contribution in [0.4, 0.5) is 5.69 Å². The molecule has 2 aromatic carbocycles. The number of rotatable bonds is 12. The average Bonchev–Trinajstić information content (AvgIpc) is 2.75. The van der Waals surface area contributed by atoms with Gasteiger partial charge in [-0.05, 0) is 49.4 Å². The molecule has 0 heterocycles. The number of carbonyl (C=O) groups is 1. The maximum Gasteiger partial charge on any atom is 0.265 e. The van der Waals surface area contributed by atoms with Crippen LogP contribution < -0.4 is 14.8 Å². The maximum absolute atomic E-state index is 12.9. The SMILES string of the molecule is CCOCCOc1ccccc1NC(=O)C(CC)Oc1ccccc1C(C)CC. The lowest BCUT2D eigenvalue weighted by Gasteiger charge is -2.22. The van der Waals surface area contributed by atoms with Crippen molar-refractivity contribution in [2.45, 2.75) is 52.6 Å². The van der Waals surface area contributed by atoms with Gasteiger partial charge in [0.25, 0.3) is 5.91 Å². The van der Waals surface area contributed by atoms with Gasteiger partial charge in [-0.3, -0.25) is 4.79 Å².